The summed E-state index contributed by atoms with van der Waals surface area (Å²) in [5, 5.41) is 9.03. The second-order valence-electron chi connectivity index (χ2n) is 4.51. The minimum absolute atomic E-state index is 0.144. The molecule has 1 aromatic carbocycles. The van der Waals surface area contributed by atoms with Crippen LogP contribution in [0.15, 0.2) is 24.3 Å². The van der Waals surface area contributed by atoms with Crippen LogP contribution in [0.4, 0.5) is 5.69 Å². The third-order valence-corrected chi connectivity index (χ3v) is 3.42. The first-order chi connectivity index (χ1) is 8.24. The first kappa shape index (κ1) is 11.7. The van der Waals surface area contributed by atoms with Crippen molar-refractivity contribution < 1.29 is 4.79 Å². The van der Waals surface area contributed by atoms with Gasteiger partial charge in [-0.2, -0.15) is 5.26 Å². The lowest BCUT2D eigenvalue weighted by Crippen LogP contribution is -2.32. The lowest BCUT2D eigenvalue weighted by atomic mass is 10.1. The van der Waals surface area contributed by atoms with Gasteiger partial charge in [-0.25, -0.2) is 0 Å². The molecule has 1 amide bonds. The van der Waals surface area contributed by atoms with Crippen molar-refractivity contribution in [2.45, 2.75) is 25.7 Å². The Bertz CT molecular complexity index is 456. The Kier molecular flexibility index (Phi) is 3.43. The van der Waals surface area contributed by atoms with Crippen LogP contribution in [0, 0.1) is 17.2 Å². The summed E-state index contributed by atoms with van der Waals surface area (Å²) >= 11 is 0. The molecule has 17 heavy (non-hydrogen) atoms. The molecule has 2 rings (SSSR count). The summed E-state index contributed by atoms with van der Waals surface area (Å²) in [7, 11) is 1.76. The van der Waals surface area contributed by atoms with Crippen molar-refractivity contribution in [2.75, 3.05) is 11.9 Å². The van der Waals surface area contributed by atoms with Crippen LogP contribution in [0.5, 0.6) is 0 Å². The van der Waals surface area contributed by atoms with E-state index in [1.807, 2.05) is 18.2 Å². The molecule has 0 saturated heterocycles. The number of carbonyl (C=O) groups is 1. The molecule has 0 aromatic heterocycles. The van der Waals surface area contributed by atoms with E-state index in [2.05, 4.69) is 6.07 Å². The van der Waals surface area contributed by atoms with Crippen LogP contribution in [0.25, 0.3) is 0 Å². The molecule has 0 N–H and O–H groups in total. The van der Waals surface area contributed by atoms with Gasteiger partial charge in [0, 0.05) is 13.0 Å². The van der Waals surface area contributed by atoms with Crippen molar-refractivity contribution >= 4 is 11.6 Å². The second kappa shape index (κ2) is 5.01. The van der Waals surface area contributed by atoms with Crippen LogP contribution in [-0.2, 0) is 4.79 Å². The predicted molar refractivity (Wildman–Crippen MR) is 66.5 cm³/mol. The summed E-state index contributed by atoms with van der Waals surface area (Å²) in [5.41, 5.74) is 1.27. The Hall–Kier alpha value is -1.82. The van der Waals surface area contributed by atoms with Crippen LogP contribution in [0.2, 0.25) is 0 Å². The largest absolute Gasteiger partial charge is 0.314 e. The minimum atomic E-state index is 0.144. The molecular formula is C14H16N2O. The number of rotatable bonds is 2. The molecule has 1 aliphatic carbocycles. The summed E-state index contributed by atoms with van der Waals surface area (Å²) in [4.78, 5) is 13.9. The average Bonchev–Trinajstić information content (AvgIpc) is 2.90. The Morgan fingerprint density at radius 2 is 2.00 bits per heavy atom. The molecule has 0 spiro atoms. The van der Waals surface area contributed by atoms with Crippen molar-refractivity contribution in [3.8, 4) is 6.07 Å². The van der Waals surface area contributed by atoms with Crippen molar-refractivity contribution in [2.24, 2.45) is 5.92 Å². The van der Waals surface area contributed by atoms with Gasteiger partial charge in [0.2, 0.25) is 5.91 Å². The number of anilines is 1. The number of hydrogen-bond donors (Lipinski definition) is 0. The van der Waals surface area contributed by atoms with Crippen LogP contribution in [0.1, 0.15) is 31.2 Å². The summed E-state index contributed by atoms with van der Waals surface area (Å²) in [5.74, 6) is 0.289. The SMILES string of the molecule is CN(C(=O)C1CCCC1)c1ccccc1C#N. The maximum atomic E-state index is 12.2. The summed E-state index contributed by atoms with van der Waals surface area (Å²) < 4.78 is 0. The number of nitrogens with zero attached hydrogens (tertiary/aromatic N) is 2. The monoisotopic (exact) mass is 228 g/mol. The zero-order chi connectivity index (χ0) is 12.3. The number of para-hydroxylation sites is 1. The van der Waals surface area contributed by atoms with E-state index < -0.39 is 0 Å². The molecule has 0 heterocycles. The first-order valence-corrected chi connectivity index (χ1v) is 6.00. The van der Waals surface area contributed by atoms with Gasteiger partial charge < -0.3 is 4.90 Å². The Labute approximate surface area is 102 Å². The number of nitriles is 1. The molecule has 1 saturated carbocycles. The Morgan fingerprint density at radius 1 is 1.35 bits per heavy atom. The third kappa shape index (κ3) is 2.31. The molecule has 3 heteroatoms. The van der Waals surface area contributed by atoms with E-state index in [0.29, 0.717) is 11.3 Å². The third-order valence-electron chi connectivity index (χ3n) is 3.42. The number of amides is 1. The lowest BCUT2D eigenvalue weighted by Gasteiger charge is -2.21. The zero-order valence-electron chi connectivity index (χ0n) is 10.0. The Morgan fingerprint density at radius 3 is 2.65 bits per heavy atom. The highest BCUT2D eigenvalue weighted by atomic mass is 16.2. The van der Waals surface area contributed by atoms with Crippen LogP contribution >= 0.6 is 0 Å². The highest BCUT2D eigenvalue weighted by Crippen LogP contribution is 2.28. The highest BCUT2D eigenvalue weighted by Gasteiger charge is 2.26. The number of carbonyl (C=O) groups excluding carboxylic acids is 1. The fourth-order valence-corrected chi connectivity index (χ4v) is 2.43. The number of benzene rings is 1. The average molecular weight is 228 g/mol. The topological polar surface area (TPSA) is 44.1 Å². The van der Waals surface area contributed by atoms with Crippen LogP contribution in [-0.4, -0.2) is 13.0 Å². The maximum Gasteiger partial charge on any atom is 0.229 e. The molecule has 88 valence electrons. The summed E-state index contributed by atoms with van der Waals surface area (Å²) in [6, 6.07) is 9.37. The van der Waals surface area contributed by atoms with E-state index in [1.54, 1.807) is 18.0 Å². The molecule has 3 nitrogen and oxygen atoms in total. The number of hydrogen-bond acceptors (Lipinski definition) is 2. The summed E-state index contributed by atoms with van der Waals surface area (Å²) in [6.45, 7) is 0. The Balaban J connectivity index is 2.21. The van der Waals surface area contributed by atoms with Gasteiger partial charge in [-0.3, -0.25) is 4.79 Å². The van der Waals surface area contributed by atoms with E-state index in [1.165, 1.54) is 0 Å². The van der Waals surface area contributed by atoms with Crippen LogP contribution in [0.3, 0.4) is 0 Å². The van der Waals surface area contributed by atoms with Crippen molar-refractivity contribution in [3.63, 3.8) is 0 Å². The molecule has 0 aliphatic heterocycles. The fourth-order valence-electron chi connectivity index (χ4n) is 2.43. The maximum absolute atomic E-state index is 12.2. The van der Waals surface area contributed by atoms with E-state index in [-0.39, 0.29) is 11.8 Å². The van der Waals surface area contributed by atoms with Gasteiger partial charge in [0.1, 0.15) is 6.07 Å². The van der Waals surface area contributed by atoms with E-state index in [4.69, 9.17) is 5.26 Å². The highest BCUT2D eigenvalue weighted by molar-refractivity contribution is 5.95. The molecule has 0 radical (unpaired) electrons. The van der Waals surface area contributed by atoms with Crippen molar-refractivity contribution in [1.82, 2.24) is 0 Å². The van der Waals surface area contributed by atoms with Gasteiger partial charge in [-0.05, 0) is 25.0 Å². The molecule has 0 atom stereocenters. The quantitative estimate of drug-likeness (QED) is 0.781. The van der Waals surface area contributed by atoms with Crippen molar-refractivity contribution in [3.05, 3.63) is 29.8 Å². The lowest BCUT2D eigenvalue weighted by molar-refractivity contribution is -0.121. The van der Waals surface area contributed by atoms with Gasteiger partial charge in [-0.15, -0.1) is 0 Å². The molecule has 0 bridgehead atoms. The van der Waals surface area contributed by atoms with E-state index in [0.717, 1.165) is 25.7 Å². The van der Waals surface area contributed by atoms with Gasteiger partial charge in [0.15, 0.2) is 0 Å². The van der Waals surface area contributed by atoms with Gasteiger partial charge in [0.25, 0.3) is 0 Å². The molecule has 1 aliphatic rings. The fraction of sp³-hybridized carbons (Fsp3) is 0.429. The van der Waals surface area contributed by atoms with E-state index in [9.17, 15) is 4.79 Å². The standard InChI is InChI=1S/C14H16N2O/c1-16(14(17)11-6-2-3-7-11)13-9-5-4-8-12(13)10-15/h4-5,8-9,11H,2-3,6-7H2,1H3. The normalized spacial score (nSPS) is 15.5. The van der Waals surface area contributed by atoms with Gasteiger partial charge in [-0.1, -0.05) is 25.0 Å². The predicted octanol–water partition coefficient (Wildman–Crippen LogP) is 2.71. The zero-order valence-corrected chi connectivity index (χ0v) is 10.0. The molecule has 1 aromatic rings. The van der Waals surface area contributed by atoms with Gasteiger partial charge >= 0.3 is 0 Å². The second-order valence-corrected chi connectivity index (χ2v) is 4.51. The van der Waals surface area contributed by atoms with E-state index >= 15 is 0 Å². The molecule has 0 unspecified atom stereocenters. The summed E-state index contributed by atoms with van der Waals surface area (Å²) in [6.07, 6.45) is 4.25. The van der Waals surface area contributed by atoms with Crippen molar-refractivity contribution in [1.29, 1.82) is 5.26 Å². The first-order valence-electron chi connectivity index (χ1n) is 6.00. The van der Waals surface area contributed by atoms with Crippen LogP contribution < -0.4 is 4.90 Å². The molecular weight excluding hydrogens is 212 g/mol. The van der Waals surface area contributed by atoms with Gasteiger partial charge in [0.05, 0.1) is 11.3 Å². The minimum Gasteiger partial charge on any atom is -0.314 e. The smallest absolute Gasteiger partial charge is 0.229 e. The molecule has 1 fully saturated rings.